The molecule has 3 aliphatic rings. The molecule has 1 amide bonds. The molecule has 0 bridgehead atoms. The average Bonchev–Trinajstić information content (AvgIpc) is 3.00. The number of hydrogen-bond acceptors (Lipinski definition) is 6. The zero-order chi connectivity index (χ0) is 24.1. The number of nitrogens with two attached hydrogens (primary N) is 1. The Hall–Kier alpha value is -2.65. The van der Waals surface area contributed by atoms with Crippen LogP contribution in [-0.4, -0.2) is 69.8 Å². The van der Waals surface area contributed by atoms with Crippen LogP contribution >= 0.6 is 0 Å². The number of carboxylic acid groups (broad SMARTS) is 2. The molecule has 4 rings (SSSR count). The van der Waals surface area contributed by atoms with Gasteiger partial charge in [-0.25, -0.2) is 0 Å². The van der Waals surface area contributed by atoms with Crippen molar-refractivity contribution in [3.63, 3.8) is 0 Å². The van der Waals surface area contributed by atoms with Crippen LogP contribution < -0.4 is 11.1 Å². The number of amides is 1. The summed E-state index contributed by atoms with van der Waals surface area (Å²) < 4.78 is 0. The van der Waals surface area contributed by atoms with Gasteiger partial charge in [-0.2, -0.15) is 0 Å². The van der Waals surface area contributed by atoms with Gasteiger partial charge in [-0.3, -0.25) is 14.4 Å². The van der Waals surface area contributed by atoms with Crippen LogP contribution in [0.25, 0.3) is 0 Å². The molecule has 180 valence electrons. The van der Waals surface area contributed by atoms with Crippen LogP contribution in [0.2, 0.25) is 0 Å². The van der Waals surface area contributed by atoms with Gasteiger partial charge in [-0.15, -0.1) is 0 Å². The molecule has 2 unspecified atom stereocenters. The number of likely N-dealkylation sites (tertiary alicyclic amines) is 1. The van der Waals surface area contributed by atoms with E-state index in [0.29, 0.717) is 24.8 Å². The van der Waals surface area contributed by atoms with Gasteiger partial charge < -0.3 is 31.3 Å². The predicted molar refractivity (Wildman–Crippen MR) is 120 cm³/mol. The van der Waals surface area contributed by atoms with E-state index in [0.717, 1.165) is 36.9 Å². The number of nitrogens with zero attached hydrogens (tertiary/aromatic N) is 1. The summed E-state index contributed by atoms with van der Waals surface area (Å²) in [6.07, 6.45) is 3.14. The van der Waals surface area contributed by atoms with Crippen LogP contribution in [0.1, 0.15) is 60.5 Å². The Morgan fingerprint density at radius 3 is 2.55 bits per heavy atom. The molecule has 0 spiro atoms. The number of rotatable bonds is 8. The van der Waals surface area contributed by atoms with E-state index in [1.807, 2.05) is 13.0 Å². The zero-order valence-corrected chi connectivity index (χ0v) is 19.1. The van der Waals surface area contributed by atoms with E-state index in [2.05, 4.69) is 17.3 Å². The Kier molecular flexibility index (Phi) is 6.13. The minimum Gasteiger partial charge on any atom is -0.507 e. The number of nitrogens with one attached hydrogen (secondary N) is 1. The van der Waals surface area contributed by atoms with Gasteiger partial charge in [-0.1, -0.05) is 13.0 Å². The normalized spacial score (nSPS) is 31.8. The molecule has 6 atom stereocenters. The van der Waals surface area contributed by atoms with Crippen molar-refractivity contribution in [2.24, 2.45) is 17.6 Å². The number of carboxylic acids is 2. The molecule has 2 saturated carbocycles. The fraction of sp³-hybridized carbons (Fsp3) is 0.625. The first kappa shape index (κ1) is 23.5. The van der Waals surface area contributed by atoms with Gasteiger partial charge in [0, 0.05) is 29.6 Å². The zero-order valence-electron chi connectivity index (χ0n) is 19.1. The van der Waals surface area contributed by atoms with E-state index < -0.39 is 35.7 Å². The number of hydrogen-bond donors (Lipinski definition) is 5. The second kappa shape index (κ2) is 8.61. The predicted octanol–water partition coefficient (Wildman–Crippen LogP) is 1.31. The first-order chi connectivity index (χ1) is 15.6. The molecule has 1 heterocycles. The topological polar surface area (TPSA) is 153 Å². The van der Waals surface area contributed by atoms with Crippen molar-refractivity contribution < 1.29 is 29.7 Å². The van der Waals surface area contributed by atoms with Gasteiger partial charge >= 0.3 is 11.9 Å². The molecular weight excluding hydrogens is 426 g/mol. The lowest BCUT2D eigenvalue weighted by atomic mass is 9.60. The summed E-state index contributed by atoms with van der Waals surface area (Å²) in [5.74, 6) is -2.38. The quantitative estimate of drug-likeness (QED) is 0.390. The lowest BCUT2D eigenvalue weighted by Gasteiger charge is -2.49. The lowest BCUT2D eigenvalue weighted by molar-refractivity contribution is -0.146. The van der Waals surface area contributed by atoms with E-state index in [1.165, 1.54) is 0 Å². The van der Waals surface area contributed by atoms with E-state index in [9.17, 15) is 24.6 Å². The molecular formula is C24H33N3O6. The number of benzene rings is 1. The van der Waals surface area contributed by atoms with Crippen LogP contribution in [0.5, 0.6) is 5.75 Å². The minimum absolute atomic E-state index is 0.0585. The summed E-state index contributed by atoms with van der Waals surface area (Å²) in [6, 6.07) is 2.42. The van der Waals surface area contributed by atoms with Gasteiger partial charge in [0.25, 0.3) is 5.91 Å². The molecule has 1 aromatic carbocycles. The molecule has 33 heavy (non-hydrogen) atoms. The Labute approximate surface area is 192 Å². The number of carbonyl (C=O) groups excluding carboxylic acids is 1. The van der Waals surface area contributed by atoms with Gasteiger partial charge in [0.1, 0.15) is 11.8 Å². The molecule has 3 fully saturated rings. The number of fused-ring (bicyclic) bond motifs is 3. The largest absolute Gasteiger partial charge is 0.507 e. The monoisotopic (exact) mass is 459 g/mol. The fourth-order valence-corrected chi connectivity index (χ4v) is 7.08. The highest BCUT2D eigenvalue weighted by atomic mass is 16.4. The fourth-order valence-electron chi connectivity index (χ4n) is 7.08. The van der Waals surface area contributed by atoms with Crippen molar-refractivity contribution in [2.45, 2.75) is 69.0 Å². The smallest absolute Gasteiger partial charge is 0.321 e. The summed E-state index contributed by atoms with van der Waals surface area (Å²) in [6.45, 7) is 2.98. The number of aryl methyl sites for hydroxylation is 1. The van der Waals surface area contributed by atoms with Gasteiger partial charge in [0.15, 0.2) is 0 Å². The standard InChI is InChI=1S/C24H33N3O6/c1-3-12-4-6-15(22(25)31)21(30)19(12)24-9-13-11-27(2)20(13)16(24)7-5-14(10-24)26-17(23(32)33)8-18(28)29/h4,6,13-14,16-17,20,26,30H,3,5,7-11H2,1-2H3,(H2,25,31)(H,28,29)(H,32,33)/t13?,14-,16+,17?,20-,24+/m1/s1. The second-order valence-electron chi connectivity index (χ2n) is 10.0. The number of carbonyl (C=O) groups is 3. The maximum absolute atomic E-state index is 12.0. The van der Waals surface area contributed by atoms with Crippen LogP contribution in [0.15, 0.2) is 12.1 Å². The third kappa shape index (κ3) is 3.87. The highest BCUT2D eigenvalue weighted by Gasteiger charge is 2.62. The van der Waals surface area contributed by atoms with Crippen LogP contribution in [0.4, 0.5) is 0 Å². The number of phenols is 1. The minimum atomic E-state index is -1.19. The molecule has 9 nitrogen and oxygen atoms in total. The highest BCUT2D eigenvalue weighted by Crippen LogP contribution is 2.62. The Bertz CT molecular complexity index is 981. The Balaban J connectivity index is 1.77. The average molecular weight is 460 g/mol. The SMILES string of the molecule is CCc1ccc(C(N)=O)c(O)c1[C@]12CC3CN(C)[C@H]3[C@@H]1CC[C@@H](NC(CC(=O)O)C(=O)O)C2. The van der Waals surface area contributed by atoms with Crippen molar-refractivity contribution in [3.05, 3.63) is 28.8 Å². The van der Waals surface area contributed by atoms with Crippen molar-refractivity contribution in [2.75, 3.05) is 13.6 Å². The Morgan fingerprint density at radius 1 is 1.24 bits per heavy atom. The first-order valence-electron chi connectivity index (χ1n) is 11.6. The number of primary amides is 1. The third-order valence-electron chi connectivity index (χ3n) is 8.22. The number of aliphatic carboxylic acids is 2. The molecule has 1 saturated heterocycles. The second-order valence-corrected chi connectivity index (χ2v) is 10.0. The molecule has 1 aromatic rings. The van der Waals surface area contributed by atoms with E-state index >= 15 is 0 Å². The maximum atomic E-state index is 12.0. The van der Waals surface area contributed by atoms with Crippen LogP contribution in [0.3, 0.4) is 0 Å². The summed E-state index contributed by atoms with van der Waals surface area (Å²) in [5.41, 5.74) is 6.96. The molecule has 2 aliphatic carbocycles. The molecule has 0 radical (unpaired) electrons. The molecule has 9 heteroatoms. The first-order valence-corrected chi connectivity index (χ1v) is 11.6. The van der Waals surface area contributed by atoms with Crippen molar-refractivity contribution in [3.8, 4) is 5.75 Å². The molecule has 6 N–H and O–H groups in total. The van der Waals surface area contributed by atoms with Gasteiger partial charge in [0.05, 0.1) is 12.0 Å². The van der Waals surface area contributed by atoms with E-state index in [-0.39, 0.29) is 23.3 Å². The summed E-state index contributed by atoms with van der Waals surface area (Å²) in [4.78, 5) is 37.3. The van der Waals surface area contributed by atoms with E-state index in [4.69, 9.17) is 10.8 Å². The highest BCUT2D eigenvalue weighted by molar-refractivity contribution is 5.96. The lowest BCUT2D eigenvalue weighted by Crippen LogP contribution is -2.56. The van der Waals surface area contributed by atoms with E-state index in [1.54, 1.807) is 6.07 Å². The number of aromatic hydroxyl groups is 1. The summed E-state index contributed by atoms with van der Waals surface area (Å²) in [5, 5.41) is 33.1. The van der Waals surface area contributed by atoms with Crippen LogP contribution in [-0.2, 0) is 21.4 Å². The van der Waals surface area contributed by atoms with Crippen LogP contribution in [0, 0.1) is 11.8 Å². The Morgan fingerprint density at radius 2 is 1.97 bits per heavy atom. The van der Waals surface area contributed by atoms with Crippen molar-refractivity contribution >= 4 is 17.8 Å². The summed E-state index contributed by atoms with van der Waals surface area (Å²) in [7, 11) is 2.11. The summed E-state index contributed by atoms with van der Waals surface area (Å²) >= 11 is 0. The maximum Gasteiger partial charge on any atom is 0.321 e. The molecule has 0 aromatic heterocycles. The molecule has 1 aliphatic heterocycles. The van der Waals surface area contributed by atoms with Crippen molar-refractivity contribution in [1.82, 2.24) is 10.2 Å². The van der Waals surface area contributed by atoms with Crippen molar-refractivity contribution in [1.29, 1.82) is 0 Å². The van der Waals surface area contributed by atoms with Gasteiger partial charge in [-0.05, 0) is 62.6 Å². The third-order valence-corrected chi connectivity index (χ3v) is 8.22. The van der Waals surface area contributed by atoms with Gasteiger partial charge in [0.2, 0.25) is 0 Å².